The number of aryl methyl sites for hydroxylation is 2. The van der Waals surface area contributed by atoms with E-state index in [1.165, 1.54) is 23.7 Å². The third kappa shape index (κ3) is 2.48. The summed E-state index contributed by atoms with van der Waals surface area (Å²) in [6.45, 7) is 0. The maximum absolute atomic E-state index is 12.1. The van der Waals surface area contributed by atoms with Gasteiger partial charge in [0.15, 0.2) is 0 Å². The standard InChI is InChI=1S/C15H16N4O/c16-19-14-7-5-12(9-17-14)15(20)18-13-6-4-10-2-1-3-11(10)8-13/h4-9H,1-3,16H2,(H,17,19)(H,18,20). The van der Waals surface area contributed by atoms with Gasteiger partial charge in [0, 0.05) is 11.9 Å². The highest BCUT2D eigenvalue weighted by Crippen LogP contribution is 2.25. The number of fused-ring (bicyclic) bond motifs is 1. The fourth-order valence-corrected chi connectivity index (χ4v) is 2.47. The molecule has 2 aromatic rings. The van der Waals surface area contributed by atoms with Crippen molar-refractivity contribution < 1.29 is 4.79 Å². The molecule has 102 valence electrons. The Labute approximate surface area is 117 Å². The summed E-state index contributed by atoms with van der Waals surface area (Å²) in [5.41, 5.74) is 6.49. The molecule has 0 unspecified atom stereocenters. The summed E-state index contributed by atoms with van der Waals surface area (Å²) in [6, 6.07) is 9.45. The van der Waals surface area contributed by atoms with E-state index in [2.05, 4.69) is 27.9 Å². The van der Waals surface area contributed by atoms with E-state index in [0.29, 0.717) is 11.4 Å². The molecule has 5 heteroatoms. The summed E-state index contributed by atoms with van der Waals surface area (Å²) in [4.78, 5) is 16.1. The predicted octanol–water partition coefficient (Wildman–Crippen LogP) is 2.11. The maximum atomic E-state index is 12.1. The molecule has 1 amide bonds. The number of carbonyl (C=O) groups is 1. The number of aromatic nitrogens is 1. The number of amides is 1. The van der Waals surface area contributed by atoms with Crippen molar-refractivity contribution in [2.75, 3.05) is 10.7 Å². The van der Waals surface area contributed by atoms with Crippen LogP contribution in [0.3, 0.4) is 0 Å². The van der Waals surface area contributed by atoms with E-state index < -0.39 is 0 Å². The third-order valence-electron chi connectivity index (χ3n) is 3.53. The van der Waals surface area contributed by atoms with Gasteiger partial charge < -0.3 is 10.7 Å². The van der Waals surface area contributed by atoms with Gasteiger partial charge in [0.05, 0.1) is 5.56 Å². The Hall–Kier alpha value is -2.40. The molecule has 0 saturated carbocycles. The van der Waals surface area contributed by atoms with Gasteiger partial charge >= 0.3 is 0 Å². The lowest BCUT2D eigenvalue weighted by atomic mass is 10.1. The second-order valence-electron chi connectivity index (χ2n) is 4.87. The Bertz CT molecular complexity index is 637. The predicted molar refractivity (Wildman–Crippen MR) is 78.5 cm³/mol. The minimum atomic E-state index is -0.168. The molecule has 1 aromatic heterocycles. The number of benzene rings is 1. The highest BCUT2D eigenvalue weighted by Gasteiger charge is 2.12. The molecule has 20 heavy (non-hydrogen) atoms. The number of nitrogens with one attached hydrogen (secondary N) is 2. The molecule has 3 rings (SSSR count). The van der Waals surface area contributed by atoms with Crippen LogP contribution in [0.1, 0.15) is 27.9 Å². The summed E-state index contributed by atoms with van der Waals surface area (Å²) >= 11 is 0. The maximum Gasteiger partial charge on any atom is 0.257 e. The molecule has 0 atom stereocenters. The van der Waals surface area contributed by atoms with E-state index >= 15 is 0 Å². The smallest absolute Gasteiger partial charge is 0.257 e. The molecule has 1 aromatic carbocycles. The van der Waals surface area contributed by atoms with Gasteiger partial charge in [-0.05, 0) is 54.7 Å². The normalized spacial score (nSPS) is 12.8. The van der Waals surface area contributed by atoms with Crippen LogP contribution in [0, 0.1) is 0 Å². The molecule has 0 fully saturated rings. The summed E-state index contributed by atoms with van der Waals surface area (Å²) in [7, 11) is 0. The molecule has 0 radical (unpaired) electrons. The Kier molecular flexibility index (Phi) is 3.35. The molecule has 1 heterocycles. The number of pyridine rings is 1. The van der Waals surface area contributed by atoms with Crippen molar-refractivity contribution in [3.8, 4) is 0 Å². The molecule has 0 bridgehead atoms. The molecule has 1 aliphatic carbocycles. The molecular weight excluding hydrogens is 252 g/mol. The first-order chi connectivity index (χ1) is 9.76. The number of nitrogens with two attached hydrogens (primary N) is 1. The highest BCUT2D eigenvalue weighted by atomic mass is 16.1. The molecule has 0 saturated heterocycles. The van der Waals surface area contributed by atoms with Crippen molar-refractivity contribution in [2.45, 2.75) is 19.3 Å². The fourth-order valence-electron chi connectivity index (χ4n) is 2.47. The monoisotopic (exact) mass is 268 g/mol. The van der Waals surface area contributed by atoms with Crippen LogP contribution < -0.4 is 16.6 Å². The minimum Gasteiger partial charge on any atom is -0.322 e. The van der Waals surface area contributed by atoms with Gasteiger partial charge in [-0.1, -0.05) is 6.07 Å². The molecular formula is C15H16N4O. The van der Waals surface area contributed by atoms with E-state index in [0.717, 1.165) is 18.5 Å². The molecule has 5 nitrogen and oxygen atoms in total. The van der Waals surface area contributed by atoms with Crippen LogP contribution in [0.25, 0.3) is 0 Å². The van der Waals surface area contributed by atoms with Crippen molar-refractivity contribution in [1.29, 1.82) is 0 Å². The van der Waals surface area contributed by atoms with Crippen molar-refractivity contribution >= 4 is 17.4 Å². The van der Waals surface area contributed by atoms with Gasteiger partial charge in [-0.2, -0.15) is 0 Å². The van der Waals surface area contributed by atoms with Crippen molar-refractivity contribution in [3.63, 3.8) is 0 Å². The SMILES string of the molecule is NNc1ccc(C(=O)Nc2ccc3c(c2)CCC3)cn1. The molecule has 1 aliphatic rings. The summed E-state index contributed by atoms with van der Waals surface area (Å²) in [5, 5.41) is 2.89. The number of rotatable bonds is 3. The van der Waals surface area contributed by atoms with Gasteiger partial charge in [0.25, 0.3) is 5.91 Å². The highest BCUT2D eigenvalue weighted by molar-refractivity contribution is 6.04. The van der Waals surface area contributed by atoms with Crippen LogP contribution in [-0.4, -0.2) is 10.9 Å². The van der Waals surface area contributed by atoms with Crippen LogP contribution >= 0.6 is 0 Å². The lowest BCUT2D eigenvalue weighted by Gasteiger charge is -2.08. The summed E-state index contributed by atoms with van der Waals surface area (Å²) < 4.78 is 0. The van der Waals surface area contributed by atoms with E-state index in [9.17, 15) is 4.79 Å². The Morgan fingerprint density at radius 3 is 2.75 bits per heavy atom. The number of carbonyl (C=O) groups excluding carboxylic acids is 1. The number of nitrogen functional groups attached to an aromatic ring is 1. The van der Waals surface area contributed by atoms with E-state index in [1.54, 1.807) is 12.1 Å². The van der Waals surface area contributed by atoms with Crippen molar-refractivity contribution in [2.24, 2.45) is 5.84 Å². The fraction of sp³-hybridized carbons (Fsp3) is 0.200. The van der Waals surface area contributed by atoms with Gasteiger partial charge in [0.1, 0.15) is 5.82 Å². The van der Waals surface area contributed by atoms with Gasteiger partial charge in [0.2, 0.25) is 0 Å². The van der Waals surface area contributed by atoms with E-state index in [4.69, 9.17) is 5.84 Å². The second-order valence-corrected chi connectivity index (χ2v) is 4.87. The number of anilines is 2. The van der Waals surface area contributed by atoms with Gasteiger partial charge in [-0.25, -0.2) is 10.8 Å². The van der Waals surface area contributed by atoms with Crippen LogP contribution in [0.15, 0.2) is 36.5 Å². The van der Waals surface area contributed by atoms with E-state index in [1.807, 2.05) is 6.07 Å². The first-order valence-electron chi connectivity index (χ1n) is 6.62. The summed E-state index contributed by atoms with van der Waals surface area (Å²) in [6.07, 6.45) is 4.93. The molecule has 4 N–H and O–H groups in total. The van der Waals surface area contributed by atoms with Crippen molar-refractivity contribution in [3.05, 3.63) is 53.2 Å². The Balaban J connectivity index is 1.75. The summed E-state index contributed by atoms with van der Waals surface area (Å²) in [5.74, 6) is 5.60. The van der Waals surface area contributed by atoms with Crippen LogP contribution in [-0.2, 0) is 12.8 Å². The first-order valence-corrected chi connectivity index (χ1v) is 6.62. The van der Waals surface area contributed by atoms with Gasteiger partial charge in [-0.15, -0.1) is 0 Å². The van der Waals surface area contributed by atoms with E-state index in [-0.39, 0.29) is 5.91 Å². The minimum absolute atomic E-state index is 0.168. The van der Waals surface area contributed by atoms with Crippen molar-refractivity contribution in [1.82, 2.24) is 4.98 Å². The lowest BCUT2D eigenvalue weighted by molar-refractivity contribution is 0.102. The van der Waals surface area contributed by atoms with Crippen LogP contribution in [0.2, 0.25) is 0 Å². The average Bonchev–Trinajstić information content (AvgIpc) is 2.95. The second kappa shape index (κ2) is 5.30. The Morgan fingerprint density at radius 1 is 1.15 bits per heavy atom. The third-order valence-corrected chi connectivity index (χ3v) is 3.53. The topological polar surface area (TPSA) is 80.0 Å². The number of nitrogens with zero attached hydrogens (tertiary/aromatic N) is 1. The number of hydrazine groups is 1. The largest absolute Gasteiger partial charge is 0.322 e. The Morgan fingerprint density at radius 2 is 2.00 bits per heavy atom. The lowest BCUT2D eigenvalue weighted by Crippen LogP contribution is -2.13. The zero-order valence-electron chi connectivity index (χ0n) is 11.0. The van der Waals surface area contributed by atoms with Crippen LogP contribution in [0.4, 0.5) is 11.5 Å². The van der Waals surface area contributed by atoms with Crippen LogP contribution in [0.5, 0.6) is 0 Å². The average molecular weight is 268 g/mol. The zero-order valence-corrected chi connectivity index (χ0v) is 11.0. The molecule has 0 spiro atoms. The molecule has 0 aliphatic heterocycles. The quantitative estimate of drug-likeness (QED) is 0.588. The first kappa shape index (κ1) is 12.6. The number of hydrogen-bond donors (Lipinski definition) is 3. The zero-order chi connectivity index (χ0) is 13.9. The number of hydrogen-bond acceptors (Lipinski definition) is 4. The van der Waals surface area contributed by atoms with Gasteiger partial charge in [-0.3, -0.25) is 4.79 Å².